The van der Waals surface area contributed by atoms with Gasteiger partial charge in [-0.1, -0.05) is 6.07 Å². The van der Waals surface area contributed by atoms with Crippen molar-refractivity contribution in [2.45, 2.75) is 31.9 Å². The number of hydrogen-bond donors (Lipinski definition) is 3. The van der Waals surface area contributed by atoms with E-state index in [-0.39, 0.29) is 23.6 Å². The third-order valence-corrected chi connectivity index (χ3v) is 4.79. The topological polar surface area (TPSA) is 138 Å². The molecule has 3 aromatic rings. The van der Waals surface area contributed by atoms with Crippen LogP contribution in [0, 0.1) is 5.82 Å². The maximum absolute atomic E-state index is 14.6. The monoisotopic (exact) mass is 426 g/mol. The van der Waals surface area contributed by atoms with Crippen molar-refractivity contribution in [2.24, 2.45) is 5.73 Å². The van der Waals surface area contributed by atoms with Gasteiger partial charge in [-0.25, -0.2) is 14.4 Å². The van der Waals surface area contributed by atoms with Crippen LogP contribution in [0.5, 0.6) is 5.88 Å². The van der Waals surface area contributed by atoms with Gasteiger partial charge in [-0.3, -0.25) is 4.79 Å². The zero-order chi connectivity index (χ0) is 22.2. The van der Waals surface area contributed by atoms with Gasteiger partial charge in [0.05, 0.1) is 35.7 Å². The molecule has 0 bridgehead atoms. The summed E-state index contributed by atoms with van der Waals surface area (Å²) in [4.78, 5) is 25.0. The summed E-state index contributed by atoms with van der Waals surface area (Å²) in [5.74, 6) is -0.764. The second-order valence-electron chi connectivity index (χ2n) is 7.93. The van der Waals surface area contributed by atoms with Gasteiger partial charge < -0.3 is 26.3 Å². The number of benzene rings is 1. The van der Waals surface area contributed by atoms with Crippen molar-refractivity contribution in [3.63, 3.8) is 0 Å². The van der Waals surface area contributed by atoms with Gasteiger partial charge in [-0.05, 0) is 38.1 Å². The van der Waals surface area contributed by atoms with Crippen LogP contribution in [-0.2, 0) is 9.53 Å². The molecule has 3 heterocycles. The van der Waals surface area contributed by atoms with E-state index < -0.39 is 17.3 Å². The summed E-state index contributed by atoms with van der Waals surface area (Å²) < 4.78 is 25.9. The number of rotatable bonds is 5. The number of hydrogen-bond acceptors (Lipinski definition) is 8. The lowest BCUT2D eigenvalue weighted by Crippen LogP contribution is -2.45. The fourth-order valence-electron chi connectivity index (χ4n) is 3.07. The maximum atomic E-state index is 14.6. The van der Waals surface area contributed by atoms with Crippen molar-refractivity contribution in [1.82, 2.24) is 15.0 Å². The summed E-state index contributed by atoms with van der Waals surface area (Å²) in [5, 5.41) is 2.49. The van der Waals surface area contributed by atoms with Crippen LogP contribution in [0.15, 0.2) is 30.3 Å². The molecule has 1 aliphatic rings. The highest BCUT2D eigenvalue weighted by Gasteiger charge is 2.23. The second-order valence-corrected chi connectivity index (χ2v) is 7.93. The first kappa shape index (κ1) is 20.9. The fraction of sp³-hybridized carbons (Fsp3) is 0.333. The minimum atomic E-state index is -1.13. The van der Waals surface area contributed by atoms with E-state index in [2.05, 4.69) is 20.3 Å². The second kappa shape index (κ2) is 8.05. The molecule has 162 valence electrons. The van der Waals surface area contributed by atoms with Crippen LogP contribution in [0.25, 0.3) is 22.3 Å². The fourth-order valence-corrected chi connectivity index (χ4v) is 3.07. The number of ether oxygens (including phenoxy) is 2. The van der Waals surface area contributed by atoms with Crippen LogP contribution in [0.1, 0.15) is 20.3 Å². The number of nitrogens with one attached hydrogen (secondary N) is 1. The summed E-state index contributed by atoms with van der Waals surface area (Å²) in [5.41, 5.74) is 12.4. The van der Waals surface area contributed by atoms with Crippen LogP contribution >= 0.6 is 0 Å². The number of aromatic nitrogens is 3. The zero-order valence-corrected chi connectivity index (χ0v) is 17.2. The molecule has 10 heteroatoms. The molecular formula is C21H23FN6O3. The molecule has 1 aromatic carbocycles. The number of carbonyl (C=O) groups excluding carboxylic acids is 1. The molecule has 9 nitrogen and oxygen atoms in total. The van der Waals surface area contributed by atoms with Crippen LogP contribution in [-0.4, -0.2) is 45.7 Å². The van der Waals surface area contributed by atoms with Gasteiger partial charge >= 0.3 is 0 Å². The van der Waals surface area contributed by atoms with Crippen molar-refractivity contribution >= 4 is 28.6 Å². The van der Waals surface area contributed by atoms with E-state index >= 15 is 0 Å². The Morgan fingerprint density at radius 3 is 2.74 bits per heavy atom. The Balaban J connectivity index is 1.67. The predicted octanol–water partition coefficient (Wildman–Crippen LogP) is 2.26. The normalized spacial score (nSPS) is 16.5. The smallest absolute Gasteiger partial charge is 0.245 e. The largest absolute Gasteiger partial charge is 0.470 e. The van der Waals surface area contributed by atoms with Crippen molar-refractivity contribution in [2.75, 3.05) is 24.3 Å². The Kier molecular flexibility index (Phi) is 5.42. The molecule has 0 spiro atoms. The summed E-state index contributed by atoms with van der Waals surface area (Å²) in [6.45, 7) is 4.16. The van der Waals surface area contributed by atoms with Gasteiger partial charge in [-0.15, -0.1) is 0 Å². The van der Waals surface area contributed by atoms with Crippen LogP contribution in [0.3, 0.4) is 0 Å². The molecule has 0 aliphatic carbocycles. The van der Waals surface area contributed by atoms with Crippen LogP contribution in [0.2, 0.25) is 0 Å². The SMILES string of the molecule is CC(C)(N)C(=O)Nc1ccc(-c2ccc3nc(N)nc(O[C@H]4CCOC4)c3n2)cc1F. The van der Waals surface area contributed by atoms with E-state index in [1.54, 1.807) is 32.0 Å². The molecule has 1 aliphatic heterocycles. The first-order valence-corrected chi connectivity index (χ1v) is 9.79. The average Bonchev–Trinajstić information content (AvgIpc) is 3.21. The molecule has 31 heavy (non-hydrogen) atoms. The summed E-state index contributed by atoms with van der Waals surface area (Å²) in [7, 11) is 0. The number of fused-ring (bicyclic) bond motifs is 1. The van der Waals surface area contributed by atoms with E-state index in [0.717, 1.165) is 6.42 Å². The van der Waals surface area contributed by atoms with E-state index in [1.165, 1.54) is 12.1 Å². The van der Waals surface area contributed by atoms with Gasteiger partial charge in [0.2, 0.25) is 17.7 Å². The number of carbonyl (C=O) groups is 1. The van der Waals surface area contributed by atoms with Gasteiger partial charge in [0.1, 0.15) is 11.9 Å². The van der Waals surface area contributed by atoms with Crippen molar-refractivity contribution < 1.29 is 18.7 Å². The number of nitrogen functional groups attached to an aromatic ring is 1. The molecule has 1 saturated heterocycles. The van der Waals surface area contributed by atoms with E-state index in [1.807, 2.05) is 0 Å². The third-order valence-electron chi connectivity index (χ3n) is 4.79. The zero-order valence-electron chi connectivity index (χ0n) is 17.2. The minimum absolute atomic E-state index is 0.0365. The van der Waals surface area contributed by atoms with E-state index in [9.17, 15) is 9.18 Å². The summed E-state index contributed by atoms with van der Waals surface area (Å²) in [6.07, 6.45) is 0.596. The Labute approximate surface area is 178 Å². The number of amides is 1. The first-order valence-electron chi connectivity index (χ1n) is 9.79. The molecule has 4 rings (SSSR count). The predicted molar refractivity (Wildman–Crippen MR) is 114 cm³/mol. The molecule has 0 unspecified atom stereocenters. The van der Waals surface area contributed by atoms with Crippen molar-refractivity contribution in [3.05, 3.63) is 36.1 Å². The third kappa shape index (κ3) is 4.54. The number of halogens is 1. The van der Waals surface area contributed by atoms with Crippen LogP contribution < -0.4 is 21.5 Å². The van der Waals surface area contributed by atoms with Crippen molar-refractivity contribution in [3.8, 4) is 17.1 Å². The van der Waals surface area contributed by atoms with E-state index in [0.29, 0.717) is 35.5 Å². The Morgan fingerprint density at radius 1 is 1.26 bits per heavy atom. The highest BCUT2D eigenvalue weighted by Crippen LogP contribution is 2.29. The quantitative estimate of drug-likeness (QED) is 0.565. The number of nitrogens with zero attached hydrogens (tertiary/aromatic N) is 3. The number of nitrogens with two attached hydrogens (primary N) is 2. The summed E-state index contributed by atoms with van der Waals surface area (Å²) >= 11 is 0. The van der Waals surface area contributed by atoms with Gasteiger partial charge in [0.25, 0.3) is 0 Å². The average molecular weight is 426 g/mol. The van der Waals surface area contributed by atoms with Crippen LogP contribution in [0.4, 0.5) is 16.0 Å². The summed E-state index contributed by atoms with van der Waals surface area (Å²) in [6, 6.07) is 7.83. The highest BCUT2D eigenvalue weighted by atomic mass is 19.1. The Hall–Kier alpha value is -3.37. The Morgan fingerprint density at radius 2 is 2.06 bits per heavy atom. The maximum Gasteiger partial charge on any atom is 0.245 e. The van der Waals surface area contributed by atoms with Gasteiger partial charge in [0, 0.05) is 12.0 Å². The molecule has 2 aromatic heterocycles. The lowest BCUT2D eigenvalue weighted by molar-refractivity contribution is -0.120. The molecule has 1 amide bonds. The Bertz CT molecular complexity index is 1140. The van der Waals surface area contributed by atoms with E-state index in [4.69, 9.17) is 20.9 Å². The van der Waals surface area contributed by atoms with Gasteiger partial charge in [-0.2, -0.15) is 4.98 Å². The molecule has 0 saturated carbocycles. The first-order chi connectivity index (χ1) is 14.7. The minimum Gasteiger partial charge on any atom is -0.470 e. The van der Waals surface area contributed by atoms with Crippen molar-refractivity contribution in [1.29, 1.82) is 0 Å². The molecule has 0 radical (unpaired) electrons. The highest BCUT2D eigenvalue weighted by molar-refractivity contribution is 5.97. The molecule has 1 atom stereocenters. The number of anilines is 2. The molecule has 5 N–H and O–H groups in total. The molecular weight excluding hydrogens is 403 g/mol. The lowest BCUT2D eigenvalue weighted by Gasteiger charge is -2.18. The lowest BCUT2D eigenvalue weighted by atomic mass is 10.1. The van der Waals surface area contributed by atoms with Gasteiger partial charge in [0.15, 0.2) is 5.52 Å². The number of pyridine rings is 1. The molecule has 1 fully saturated rings. The standard InChI is InChI=1S/C21H23FN6O3/c1-21(2,24)19(29)26-15-4-3-11(9-13(15)22)14-5-6-16-17(25-14)18(28-20(23)27-16)31-12-7-8-30-10-12/h3-6,9,12H,7-8,10,24H2,1-2H3,(H,26,29)(H2,23,27,28)/t12-/m0/s1.